The maximum Gasteiger partial charge on any atom is 0.255 e. The number of piperidine rings is 2. The number of anilines is 1. The molecule has 5 heteroatoms. The largest absolute Gasteiger partial charge is 0.371 e. The van der Waals surface area contributed by atoms with Crippen molar-refractivity contribution in [2.24, 2.45) is 0 Å². The molecule has 3 rings (SSSR count). The van der Waals surface area contributed by atoms with Crippen molar-refractivity contribution in [2.75, 3.05) is 18.0 Å². The average molecular weight is 288 g/mol. The normalized spacial score (nSPS) is 24.0. The van der Waals surface area contributed by atoms with Gasteiger partial charge in [0.05, 0.1) is 6.10 Å². The number of hydrogen-bond acceptors (Lipinski definition) is 4. The number of nitrogens with zero attached hydrogens (tertiary/aromatic N) is 1. The molecule has 0 radical (unpaired) electrons. The SMILES string of the molecule is O=C1CCC(OC2CCN(c3ccccc3)CC2)C(=O)N1. The fraction of sp³-hybridized carbons (Fsp3) is 0.500. The molecule has 1 aromatic rings. The molecule has 112 valence electrons. The Bertz CT molecular complexity index is 510. The third-order valence-electron chi connectivity index (χ3n) is 4.11. The van der Waals surface area contributed by atoms with Crippen LogP contribution in [0.2, 0.25) is 0 Å². The highest BCUT2D eigenvalue weighted by atomic mass is 16.5. The maximum absolute atomic E-state index is 11.7. The fourth-order valence-electron chi connectivity index (χ4n) is 2.92. The lowest BCUT2D eigenvalue weighted by molar-refractivity contribution is -0.147. The summed E-state index contributed by atoms with van der Waals surface area (Å²) in [6.07, 6.45) is 2.34. The van der Waals surface area contributed by atoms with Crippen molar-refractivity contribution in [3.05, 3.63) is 30.3 Å². The lowest BCUT2D eigenvalue weighted by Crippen LogP contribution is -2.48. The first kappa shape index (κ1) is 14.1. The Kier molecular flexibility index (Phi) is 4.20. The van der Waals surface area contributed by atoms with Crippen LogP contribution in [0.15, 0.2) is 30.3 Å². The number of rotatable bonds is 3. The zero-order valence-corrected chi connectivity index (χ0v) is 12.0. The van der Waals surface area contributed by atoms with Crippen molar-refractivity contribution in [1.29, 1.82) is 0 Å². The minimum absolute atomic E-state index is 0.105. The van der Waals surface area contributed by atoms with Gasteiger partial charge in [-0.05, 0) is 31.4 Å². The van der Waals surface area contributed by atoms with E-state index < -0.39 is 6.10 Å². The van der Waals surface area contributed by atoms with Crippen LogP contribution in [0.1, 0.15) is 25.7 Å². The summed E-state index contributed by atoms with van der Waals surface area (Å²) in [6, 6.07) is 10.3. The molecule has 0 bridgehead atoms. The summed E-state index contributed by atoms with van der Waals surface area (Å²) in [6.45, 7) is 1.86. The predicted molar refractivity (Wildman–Crippen MR) is 78.9 cm³/mol. The summed E-state index contributed by atoms with van der Waals surface area (Å²) >= 11 is 0. The van der Waals surface area contributed by atoms with Gasteiger partial charge in [0.25, 0.3) is 5.91 Å². The van der Waals surface area contributed by atoms with Gasteiger partial charge in [0.1, 0.15) is 6.10 Å². The van der Waals surface area contributed by atoms with Crippen LogP contribution in [0, 0.1) is 0 Å². The number of carbonyl (C=O) groups is 2. The molecule has 1 atom stereocenters. The topological polar surface area (TPSA) is 58.6 Å². The molecule has 2 amide bonds. The zero-order valence-electron chi connectivity index (χ0n) is 12.0. The zero-order chi connectivity index (χ0) is 14.7. The van der Waals surface area contributed by atoms with E-state index >= 15 is 0 Å². The molecule has 1 aromatic carbocycles. The van der Waals surface area contributed by atoms with E-state index in [1.54, 1.807) is 0 Å². The second-order valence-electron chi connectivity index (χ2n) is 5.60. The summed E-state index contributed by atoms with van der Waals surface area (Å²) in [5.41, 5.74) is 1.23. The third kappa shape index (κ3) is 3.42. The van der Waals surface area contributed by atoms with Crippen LogP contribution in [0.25, 0.3) is 0 Å². The molecule has 0 aromatic heterocycles. The van der Waals surface area contributed by atoms with Crippen LogP contribution in [0.4, 0.5) is 5.69 Å². The smallest absolute Gasteiger partial charge is 0.255 e. The van der Waals surface area contributed by atoms with Crippen LogP contribution in [-0.4, -0.2) is 37.1 Å². The van der Waals surface area contributed by atoms with Crippen molar-refractivity contribution >= 4 is 17.5 Å². The molecular weight excluding hydrogens is 268 g/mol. The molecular formula is C16H20N2O3. The van der Waals surface area contributed by atoms with Crippen LogP contribution in [0.5, 0.6) is 0 Å². The van der Waals surface area contributed by atoms with Crippen molar-refractivity contribution in [1.82, 2.24) is 5.32 Å². The number of imide groups is 1. The molecule has 0 aliphatic carbocycles. The Morgan fingerprint density at radius 2 is 1.76 bits per heavy atom. The van der Waals surface area contributed by atoms with E-state index in [9.17, 15) is 9.59 Å². The first-order valence-corrected chi connectivity index (χ1v) is 7.51. The van der Waals surface area contributed by atoms with Crippen LogP contribution >= 0.6 is 0 Å². The van der Waals surface area contributed by atoms with Gasteiger partial charge in [-0.1, -0.05) is 18.2 Å². The van der Waals surface area contributed by atoms with Gasteiger partial charge in [-0.3, -0.25) is 14.9 Å². The number of nitrogens with one attached hydrogen (secondary N) is 1. The van der Waals surface area contributed by atoms with Gasteiger partial charge >= 0.3 is 0 Å². The van der Waals surface area contributed by atoms with Crippen molar-refractivity contribution < 1.29 is 14.3 Å². The van der Waals surface area contributed by atoms with E-state index in [1.807, 2.05) is 18.2 Å². The van der Waals surface area contributed by atoms with E-state index in [2.05, 4.69) is 22.3 Å². The molecule has 2 heterocycles. The standard InChI is InChI=1S/C16H20N2O3/c19-15-7-6-14(16(20)17-15)21-13-8-10-18(11-9-13)12-4-2-1-3-5-12/h1-5,13-14H,6-11H2,(H,17,19,20). The molecule has 2 saturated heterocycles. The number of para-hydroxylation sites is 1. The van der Waals surface area contributed by atoms with Gasteiger partial charge in [-0.2, -0.15) is 0 Å². The summed E-state index contributed by atoms with van der Waals surface area (Å²) in [5, 5.41) is 2.34. The summed E-state index contributed by atoms with van der Waals surface area (Å²) in [4.78, 5) is 25.2. The Balaban J connectivity index is 1.50. The van der Waals surface area contributed by atoms with Gasteiger partial charge in [0, 0.05) is 25.2 Å². The second kappa shape index (κ2) is 6.26. The molecule has 1 N–H and O–H groups in total. The minimum atomic E-state index is -0.462. The van der Waals surface area contributed by atoms with E-state index in [0.717, 1.165) is 25.9 Å². The first-order chi connectivity index (χ1) is 10.2. The highest BCUT2D eigenvalue weighted by Gasteiger charge is 2.31. The second-order valence-corrected chi connectivity index (χ2v) is 5.60. The van der Waals surface area contributed by atoms with E-state index in [1.165, 1.54) is 5.69 Å². The van der Waals surface area contributed by atoms with Gasteiger partial charge in [0.15, 0.2) is 0 Å². The van der Waals surface area contributed by atoms with Crippen LogP contribution in [0.3, 0.4) is 0 Å². The van der Waals surface area contributed by atoms with E-state index in [4.69, 9.17) is 4.74 Å². The predicted octanol–water partition coefficient (Wildman–Crippen LogP) is 1.48. The molecule has 1 unspecified atom stereocenters. The summed E-state index contributed by atoms with van der Waals surface area (Å²) in [5.74, 6) is -0.476. The Morgan fingerprint density at radius 1 is 1.05 bits per heavy atom. The van der Waals surface area contributed by atoms with Gasteiger partial charge in [-0.15, -0.1) is 0 Å². The first-order valence-electron chi connectivity index (χ1n) is 7.51. The number of benzene rings is 1. The van der Waals surface area contributed by atoms with Crippen molar-refractivity contribution in [3.8, 4) is 0 Å². The Morgan fingerprint density at radius 3 is 2.43 bits per heavy atom. The molecule has 2 aliphatic heterocycles. The summed E-state index contributed by atoms with van der Waals surface area (Å²) < 4.78 is 5.89. The molecule has 0 spiro atoms. The van der Waals surface area contributed by atoms with E-state index in [0.29, 0.717) is 12.8 Å². The molecule has 2 fully saturated rings. The lowest BCUT2D eigenvalue weighted by Gasteiger charge is -2.35. The van der Waals surface area contributed by atoms with Crippen molar-refractivity contribution in [2.45, 2.75) is 37.9 Å². The lowest BCUT2D eigenvalue weighted by atomic mass is 10.0. The molecule has 5 nitrogen and oxygen atoms in total. The Labute approximate surface area is 124 Å². The van der Waals surface area contributed by atoms with Crippen molar-refractivity contribution in [3.63, 3.8) is 0 Å². The van der Waals surface area contributed by atoms with E-state index in [-0.39, 0.29) is 17.9 Å². The fourth-order valence-corrected chi connectivity index (χ4v) is 2.92. The Hall–Kier alpha value is -1.88. The number of carbonyl (C=O) groups excluding carboxylic acids is 2. The number of hydrogen-bond donors (Lipinski definition) is 1. The minimum Gasteiger partial charge on any atom is -0.371 e. The van der Waals surface area contributed by atoms with Gasteiger partial charge < -0.3 is 9.64 Å². The number of ether oxygens (including phenoxy) is 1. The van der Waals surface area contributed by atoms with Gasteiger partial charge in [0.2, 0.25) is 5.91 Å². The molecule has 2 aliphatic rings. The molecule has 21 heavy (non-hydrogen) atoms. The average Bonchev–Trinajstić information content (AvgIpc) is 2.52. The molecule has 0 saturated carbocycles. The summed E-state index contributed by atoms with van der Waals surface area (Å²) in [7, 11) is 0. The highest BCUT2D eigenvalue weighted by molar-refractivity contribution is 5.99. The third-order valence-corrected chi connectivity index (χ3v) is 4.11. The highest BCUT2D eigenvalue weighted by Crippen LogP contribution is 2.23. The van der Waals surface area contributed by atoms with Crippen LogP contribution in [-0.2, 0) is 14.3 Å². The number of amides is 2. The quantitative estimate of drug-likeness (QED) is 0.856. The monoisotopic (exact) mass is 288 g/mol. The van der Waals surface area contributed by atoms with Crippen LogP contribution < -0.4 is 10.2 Å². The van der Waals surface area contributed by atoms with Gasteiger partial charge in [-0.25, -0.2) is 0 Å². The maximum atomic E-state index is 11.7.